The fraction of sp³-hybridized carbons (Fsp3) is 0.364. The molecule has 4 aromatic rings. The molecule has 1 aromatic heterocycles. The number of aromatic nitrogens is 1. The molecule has 262 valence electrons. The van der Waals surface area contributed by atoms with E-state index in [2.05, 4.69) is 117 Å². The Bertz CT molecular complexity index is 1680. The topological polar surface area (TPSA) is 61.2 Å². The van der Waals surface area contributed by atoms with Gasteiger partial charge in [-0.1, -0.05) is 116 Å². The standard InChI is InChI=1S/C44H53ClN4O/c1-5-14-34(30-46)24-28-50-31-41-42(32(2)15-12-22-39(35-16-8-6-9-17-35)36-18-10-7-11-19-36)44(37-20-13-21-38(45)29-37)43-33(3)47-25-27-49(4)26-23-40(43)48-41/h5-11,13-14,16-21,29-30,32-33,39,46-47H,1,12,15,22-28,31H2,2-4H3/b34-14-,46-30?. The molecule has 3 aromatic carbocycles. The van der Waals surface area contributed by atoms with E-state index in [1.165, 1.54) is 34.0 Å². The van der Waals surface area contributed by atoms with Gasteiger partial charge in [-0.2, -0.15) is 0 Å². The zero-order chi connectivity index (χ0) is 35.3. The molecule has 5 nitrogen and oxygen atoms in total. The van der Waals surface area contributed by atoms with Gasteiger partial charge in [0.2, 0.25) is 0 Å². The molecule has 0 fully saturated rings. The van der Waals surface area contributed by atoms with E-state index in [4.69, 9.17) is 26.7 Å². The zero-order valence-corrected chi connectivity index (χ0v) is 30.8. The summed E-state index contributed by atoms with van der Waals surface area (Å²) in [5, 5.41) is 12.3. The monoisotopic (exact) mass is 688 g/mol. The van der Waals surface area contributed by atoms with Gasteiger partial charge in [0.15, 0.2) is 0 Å². The second kappa shape index (κ2) is 18.9. The third-order valence-electron chi connectivity index (χ3n) is 9.97. The number of nitrogens with one attached hydrogen (secondary N) is 2. The van der Waals surface area contributed by atoms with Crippen LogP contribution in [0.3, 0.4) is 0 Å². The molecule has 6 heteroatoms. The van der Waals surface area contributed by atoms with Crippen LogP contribution in [0, 0.1) is 5.41 Å². The minimum Gasteiger partial charge on any atom is -0.375 e. The van der Waals surface area contributed by atoms with Crippen LogP contribution in [0.5, 0.6) is 0 Å². The van der Waals surface area contributed by atoms with Gasteiger partial charge in [-0.15, -0.1) is 0 Å². The number of hydrogen-bond acceptors (Lipinski definition) is 5. The van der Waals surface area contributed by atoms with E-state index in [1.54, 1.807) is 6.08 Å². The second-order valence-electron chi connectivity index (χ2n) is 13.6. The summed E-state index contributed by atoms with van der Waals surface area (Å²) < 4.78 is 6.39. The largest absolute Gasteiger partial charge is 0.375 e. The van der Waals surface area contributed by atoms with Crippen molar-refractivity contribution >= 4 is 17.8 Å². The fourth-order valence-corrected chi connectivity index (χ4v) is 7.53. The highest BCUT2D eigenvalue weighted by molar-refractivity contribution is 6.30. The first-order valence-corrected chi connectivity index (χ1v) is 18.5. The first-order valence-electron chi connectivity index (χ1n) is 18.1. The molecule has 0 aliphatic carbocycles. The number of nitrogens with zero attached hydrogens (tertiary/aromatic N) is 2. The lowest BCUT2D eigenvalue weighted by atomic mass is 9.81. The van der Waals surface area contributed by atoms with Gasteiger partial charge < -0.3 is 20.4 Å². The van der Waals surface area contributed by atoms with Crippen molar-refractivity contribution in [1.82, 2.24) is 15.2 Å². The third kappa shape index (κ3) is 9.88. The van der Waals surface area contributed by atoms with Crippen LogP contribution in [-0.2, 0) is 17.8 Å². The summed E-state index contributed by atoms with van der Waals surface area (Å²) in [6.07, 6.45) is 9.63. The molecule has 0 saturated heterocycles. The van der Waals surface area contributed by atoms with E-state index < -0.39 is 0 Å². The predicted octanol–water partition coefficient (Wildman–Crippen LogP) is 10.3. The molecule has 2 N–H and O–H groups in total. The van der Waals surface area contributed by atoms with E-state index >= 15 is 0 Å². The Balaban J connectivity index is 1.54. The number of rotatable bonds is 15. The smallest absolute Gasteiger partial charge is 0.0891 e. The number of pyridine rings is 1. The number of halogens is 1. The summed E-state index contributed by atoms with van der Waals surface area (Å²) in [6, 6.07) is 30.3. The Kier molecular flexibility index (Phi) is 14.2. The van der Waals surface area contributed by atoms with E-state index in [1.807, 2.05) is 12.1 Å². The fourth-order valence-electron chi connectivity index (χ4n) is 7.34. The Morgan fingerprint density at radius 1 is 1.04 bits per heavy atom. The van der Waals surface area contributed by atoms with Gasteiger partial charge in [0, 0.05) is 54.9 Å². The van der Waals surface area contributed by atoms with Crippen LogP contribution < -0.4 is 5.32 Å². The molecule has 2 heterocycles. The van der Waals surface area contributed by atoms with Gasteiger partial charge in [-0.25, -0.2) is 0 Å². The molecule has 50 heavy (non-hydrogen) atoms. The van der Waals surface area contributed by atoms with Gasteiger partial charge in [-0.3, -0.25) is 4.98 Å². The lowest BCUT2D eigenvalue weighted by Gasteiger charge is -2.28. The number of fused-ring (bicyclic) bond motifs is 1. The Morgan fingerprint density at radius 3 is 2.42 bits per heavy atom. The molecule has 2 atom stereocenters. The lowest BCUT2D eigenvalue weighted by molar-refractivity contribution is 0.121. The van der Waals surface area contributed by atoms with Crippen LogP contribution in [0.1, 0.15) is 91.1 Å². The molecule has 0 bridgehead atoms. The van der Waals surface area contributed by atoms with Crippen molar-refractivity contribution in [3.63, 3.8) is 0 Å². The van der Waals surface area contributed by atoms with Gasteiger partial charge in [0.1, 0.15) is 0 Å². The third-order valence-corrected chi connectivity index (χ3v) is 10.2. The maximum absolute atomic E-state index is 7.76. The lowest BCUT2D eigenvalue weighted by Crippen LogP contribution is -2.30. The zero-order valence-electron chi connectivity index (χ0n) is 30.0. The maximum atomic E-state index is 7.76. The van der Waals surface area contributed by atoms with Gasteiger partial charge >= 0.3 is 0 Å². The molecule has 0 radical (unpaired) electrons. The van der Waals surface area contributed by atoms with Gasteiger partial charge in [0.25, 0.3) is 0 Å². The molecule has 0 amide bonds. The van der Waals surface area contributed by atoms with Crippen LogP contribution in [0.15, 0.2) is 109 Å². The minimum atomic E-state index is 0.124. The number of allylic oxidation sites excluding steroid dienone is 2. The van der Waals surface area contributed by atoms with E-state index in [-0.39, 0.29) is 12.0 Å². The number of ether oxygens (including phenoxy) is 1. The van der Waals surface area contributed by atoms with Crippen molar-refractivity contribution in [2.45, 2.75) is 70.4 Å². The number of benzene rings is 3. The molecule has 5 rings (SSSR count). The molecule has 0 saturated carbocycles. The molecule has 1 aliphatic heterocycles. The average Bonchev–Trinajstić information content (AvgIpc) is 3.20. The first-order chi connectivity index (χ1) is 24.4. The minimum absolute atomic E-state index is 0.124. The summed E-state index contributed by atoms with van der Waals surface area (Å²) in [5.74, 6) is 0.568. The highest BCUT2D eigenvalue weighted by atomic mass is 35.5. The predicted molar refractivity (Wildman–Crippen MR) is 211 cm³/mol. The quantitative estimate of drug-likeness (QED) is 0.0741. The highest BCUT2D eigenvalue weighted by Gasteiger charge is 2.28. The molecule has 1 aliphatic rings. The normalized spacial score (nSPS) is 16.3. The molecular formula is C44H53ClN4O. The number of hydrogen-bond donors (Lipinski definition) is 2. The van der Waals surface area contributed by atoms with Crippen LogP contribution in [0.4, 0.5) is 0 Å². The molecular weight excluding hydrogens is 636 g/mol. The van der Waals surface area contributed by atoms with Gasteiger partial charge in [-0.05, 0) is 90.2 Å². The number of likely N-dealkylation sites (N-methyl/N-ethyl adjacent to an activating group) is 1. The van der Waals surface area contributed by atoms with E-state index in [9.17, 15) is 0 Å². The van der Waals surface area contributed by atoms with E-state index in [0.29, 0.717) is 25.6 Å². The summed E-state index contributed by atoms with van der Waals surface area (Å²) in [5.41, 5.74) is 10.7. The second-order valence-corrected chi connectivity index (χ2v) is 14.0. The Labute approximate surface area is 305 Å². The Morgan fingerprint density at radius 2 is 1.76 bits per heavy atom. The first kappa shape index (κ1) is 37.4. The summed E-state index contributed by atoms with van der Waals surface area (Å²) in [6.45, 7) is 12.2. The van der Waals surface area contributed by atoms with Crippen molar-refractivity contribution in [3.8, 4) is 11.1 Å². The van der Waals surface area contributed by atoms with Crippen LogP contribution in [-0.4, -0.2) is 49.4 Å². The Hall–Kier alpha value is -3.87. The van der Waals surface area contributed by atoms with Crippen molar-refractivity contribution < 1.29 is 4.74 Å². The van der Waals surface area contributed by atoms with Crippen molar-refractivity contribution in [2.24, 2.45) is 0 Å². The average molecular weight is 689 g/mol. The summed E-state index contributed by atoms with van der Waals surface area (Å²) >= 11 is 6.70. The van der Waals surface area contributed by atoms with E-state index in [0.717, 1.165) is 72.9 Å². The van der Waals surface area contributed by atoms with Crippen LogP contribution in [0.25, 0.3) is 11.1 Å². The summed E-state index contributed by atoms with van der Waals surface area (Å²) in [7, 11) is 2.19. The van der Waals surface area contributed by atoms with Gasteiger partial charge in [0.05, 0.1) is 18.9 Å². The maximum Gasteiger partial charge on any atom is 0.0891 e. The summed E-state index contributed by atoms with van der Waals surface area (Å²) in [4.78, 5) is 7.86. The van der Waals surface area contributed by atoms with Crippen LogP contribution in [0.2, 0.25) is 5.02 Å². The SMILES string of the molecule is C=C/C=C(\C=N)CCOCc1nc2c(c(-c3cccc(Cl)c3)c1C(C)CCCC(c1ccccc1)c1ccccc1)C(C)NCCN(C)CC2. The molecule has 0 spiro atoms. The molecule has 2 unspecified atom stereocenters. The highest BCUT2D eigenvalue weighted by Crippen LogP contribution is 2.42. The van der Waals surface area contributed by atoms with Crippen LogP contribution >= 0.6 is 11.6 Å². The van der Waals surface area contributed by atoms with Crippen molar-refractivity contribution in [1.29, 1.82) is 5.41 Å². The van der Waals surface area contributed by atoms with Crippen molar-refractivity contribution in [3.05, 3.63) is 148 Å². The van der Waals surface area contributed by atoms with Crippen molar-refractivity contribution in [2.75, 3.05) is 33.3 Å².